The zero-order chi connectivity index (χ0) is 24.2. The number of thiocarbonyl (C=S) groups is 1. The third-order valence-corrected chi connectivity index (χ3v) is 5.17. The van der Waals surface area contributed by atoms with Crippen molar-refractivity contribution < 1.29 is 19.0 Å². The molecule has 0 aliphatic carbocycles. The fourth-order valence-electron chi connectivity index (χ4n) is 2.89. The summed E-state index contributed by atoms with van der Waals surface area (Å²) in [4.78, 5) is 12.6. The van der Waals surface area contributed by atoms with Crippen molar-refractivity contribution in [3.63, 3.8) is 0 Å². The fourth-order valence-corrected chi connectivity index (χ4v) is 3.05. The number of ether oxygens (including phenoxy) is 3. The maximum absolute atomic E-state index is 12.6. The lowest BCUT2D eigenvalue weighted by atomic mass is 10.1. The van der Waals surface area contributed by atoms with Gasteiger partial charge in [0.15, 0.2) is 16.6 Å². The highest BCUT2D eigenvalue weighted by molar-refractivity contribution is 7.80. The molecule has 2 aromatic carbocycles. The van der Waals surface area contributed by atoms with Crippen LogP contribution in [0.5, 0.6) is 17.2 Å². The quantitative estimate of drug-likeness (QED) is 0.406. The SMILES string of the molecule is COc1cc(CNC(=S)NC(=O)c2cccc(OCCC(C)C)c2)ccc1OCCC(C)C. The van der Waals surface area contributed by atoms with E-state index >= 15 is 0 Å². The van der Waals surface area contributed by atoms with Crippen LogP contribution >= 0.6 is 12.2 Å². The third kappa shape index (κ3) is 9.70. The van der Waals surface area contributed by atoms with Crippen molar-refractivity contribution in [2.75, 3.05) is 20.3 Å². The molecule has 0 saturated heterocycles. The lowest BCUT2D eigenvalue weighted by Crippen LogP contribution is -2.38. The van der Waals surface area contributed by atoms with Crippen LogP contribution in [-0.4, -0.2) is 31.3 Å². The van der Waals surface area contributed by atoms with Gasteiger partial charge in [-0.3, -0.25) is 10.1 Å². The van der Waals surface area contributed by atoms with Crippen LogP contribution in [0.4, 0.5) is 0 Å². The van der Waals surface area contributed by atoms with Gasteiger partial charge in [0.05, 0.1) is 20.3 Å². The van der Waals surface area contributed by atoms with E-state index in [2.05, 4.69) is 38.3 Å². The summed E-state index contributed by atoms with van der Waals surface area (Å²) >= 11 is 5.30. The molecular formula is C26H36N2O4S. The molecule has 6 nitrogen and oxygen atoms in total. The first kappa shape index (κ1) is 26.5. The molecule has 7 heteroatoms. The van der Waals surface area contributed by atoms with E-state index in [-0.39, 0.29) is 11.0 Å². The van der Waals surface area contributed by atoms with Gasteiger partial charge in [-0.2, -0.15) is 0 Å². The third-order valence-electron chi connectivity index (χ3n) is 4.92. The second-order valence-corrected chi connectivity index (χ2v) is 9.12. The maximum Gasteiger partial charge on any atom is 0.257 e. The van der Waals surface area contributed by atoms with E-state index in [0.29, 0.717) is 54.4 Å². The highest BCUT2D eigenvalue weighted by Gasteiger charge is 2.11. The summed E-state index contributed by atoms with van der Waals surface area (Å²) < 4.78 is 17.0. The maximum atomic E-state index is 12.6. The smallest absolute Gasteiger partial charge is 0.257 e. The molecule has 0 aliphatic heterocycles. The highest BCUT2D eigenvalue weighted by atomic mass is 32.1. The molecule has 0 saturated carbocycles. The summed E-state index contributed by atoms with van der Waals surface area (Å²) in [5.41, 5.74) is 1.45. The molecule has 0 unspecified atom stereocenters. The van der Waals surface area contributed by atoms with E-state index in [4.69, 9.17) is 26.4 Å². The summed E-state index contributed by atoms with van der Waals surface area (Å²) in [5.74, 6) is 2.91. The summed E-state index contributed by atoms with van der Waals surface area (Å²) in [6, 6.07) is 12.8. The van der Waals surface area contributed by atoms with Crippen LogP contribution in [0.3, 0.4) is 0 Å². The van der Waals surface area contributed by atoms with E-state index in [1.807, 2.05) is 24.3 Å². The van der Waals surface area contributed by atoms with Gasteiger partial charge in [-0.1, -0.05) is 39.8 Å². The minimum absolute atomic E-state index is 0.252. The van der Waals surface area contributed by atoms with Crippen molar-refractivity contribution in [3.8, 4) is 17.2 Å². The Morgan fingerprint density at radius 2 is 1.64 bits per heavy atom. The second kappa shape index (κ2) is 13.7. The molecular weight excluding hydrogens is 436 g/mol. The number of benzene rings is 2. The first-order valence-corrected chi connectivity index (χ1v) is 11.8. The average molecular weight is 473 g/mol. The molecule has 1 amide bonds. The van der Waals surface area contributed by atoms with Crippen LogP contribution in [0.1, 0.15) is 56.5 Å². The second-order valence-electron chi connectivity index (χ2n) is 8.71. The highest BCUT2D eigenvalue weighted by Crippen LogP contribution is 2.28. The van der Waals surface area contributed by atoms with Crippen LogP contribution < -0.4 is 24.8 Å². The molecule has 2 rings (SSSR count). The number of nitrogens with one attached hydrogen (secondary N) is 2. The first-order chi connectivity index (χ1) is 15.8. The Hall–Kier alpha value is -2.80. The summed E-state index contributed by atoms with van der Waals surface area (Å²) in [5, 5.41) is 6.03. The van der Waals surface area contributed by atoms with Gasteiger partial charge in [-0.05, 0) is 72.8 Å². The predicted molar refractivity (Wildman–Crippen MR) is 136 cm³/mol. The molecule has 0 atom stereocenters. The van der Waals surface area contributed by atoms with Crippen molar-refractivity contribution in [2.24, 2.45) is 11.8 Å². The molecule has 0 spiro atoms. The van der Waals surface area contributed by atoms with Gasteiger partial charge in [-0.25, -0.2) is 0 Å². The Labute approximate surface area is 203 Å². The van der Waals surface area contributed by atoms with Crippen molar-refractivity contribution in [3.05, 3.63) is 53.6 Å². The fraction of sp³-hybridized carbons (Fsp3) is 0.462. The predicted octanol–water partition coefficient (Wildman–Crippen LogP) is 5.35. The minimum atomic E-state index is -0.284. The van der Waals surface area contributed by atoms with Crippen LogP contribution in [0, 0.1) is 11.8 Å². The van der Waals surface area contributed by atoms with E-state index in [1.165, 1.54) is 0 Å². The van der Waals surface area contributed by atoms with Gasteiger partial charge in [0.2, 0.25) is 0 Å². The number of rotatable bonds is 12. The lowest BCUT2D eigenvalue weighted by Gasteiger charge is -2.14. The van der Waals surface area contributed by atoms with Crippen molar-refractivity contribution in [1.29, 1.82) is 0 Å². The monoisotopic (exact) mass is 472 g/mol. The molecule has 2 N–H and O–H groups in total. The van der Waals surface area contributed by atoms with Crippen molar-refractivity contribution in [1.82, 2.24) is 10.6 Å². The van der Waals surface area contributed by atoms with Crippen LogP contribution in [0.2, 0.25) is 0 Å². The van der Waals surface area contributed by atoms with E-state index in [9.17, 15) is 4.79 Å². The Balaban J connectivity index is 1.86. The number of carbonyl (C=O) groups is 1. The zero-order valence-corrected chi connectivity index (χ0v) is 21.1. The normalized spacial score (nSPS) is 10.8. The standard InChI is InChI=1S/C26H36N2O4S/c1-18(2)11-13-31-22-8-6-7-21(16-22)25(29)28-26(33)27-17-20-9-10-23(24(15-20)30-5)32-14-12-19(3)4/h6-10,15-16,18-19H,11-14,17H2,1-5H3,(H2,27,28,29,33). The topological polar surface area (TPSA) is 68.8 Å². The largest absolute Gasteiger partial charge is 0.494 e. The number of carbonyl (C=O) groups excluding carboxylic acids is 1. The molecule has 0 fully saturated rings. The zero-order valence-electron chi connectivity index (χ0n) is 20.3. The number of hydrogen-bond donors (Lipinski definition) is 2. The van der Waals surface area contributed by atoms with Crippen molar-refractivity contribution >= 4 is 23.2 Å². The Morgan fingerprint density at radius 1 is 0.939 bits per heavy atom. The Morgan fingerprint density at radius 3 is 2.30 bits per heavy atom. The van der Waals surface area contributed by atoms with Crippen molar-refractivity contribution in [2.45, 2.75) is 47.1 Å². The Bertz CT molecular complexity index is 915. The summed E-state index contributed by atoms with van der Waals surface area (Å²) in [6.07, 6.45) is 1.94. The van der Waals surface area contributed by atoms with E-state index < -0.39 is 0 Å². The molecule has 0 heterocycles. The molecule has 0 bridgehead atoms. The van der Waals surface area contributed by atoms with E-state index in [1.54, 1.807) is 25.3 Å². The first-order valence-electron chi connectivity index (χ1n) is 11.4. The molecule has 33 heavy (non-hydrogen) atoms. The van der Waals surface area contributed by atoms with Gasteiger partial charge >= 0.3 is 0 Å². The average Bonchev–Trinajstić information content (AvgIpc) is 2.78. The molecule has 0 aromatic heterocycles. The molecule has 180 valence electrons. The van der Waals surface area contributed by atoms with Gasteiger partial charge in [0, 0.05) is 12.1 Å². The van der Waals surface area contributed by atoms with Gasteiger partial charge < -0.3 is 19.5 Å². The Kier molecular flexibility index (Phi) is 11.0. The van der Waals surface area contributed by atoms with Gasteiger partial charge in [0.25, 0.3) is 5.91 Å². The lowest BCUT2D eigenvalue weighted by molar-refractivity contribution is 0.0976. The molecule has 0 aliphatic rings. The molecule has 0 radical (unpaired) electrons. The van der Waals surface area contributed by atoms with Crippen LogP contribution in [-0.2, 0) is 6.54 Å². The number of methoxy groups -OCH3 is 1. The van der Waals surface area contributed by atoms with Gasteiger partial charge in [-0.15, -0.1) is 0 Å². The van der Waals surface area contributed by atoms with Gasteiger partial charge in [0.1, 0.15) is 5.75 Å². The summed E-state index contributed by atoms with van der Waals surface area (Å²) in [6.45, 7) is 10.3. The molecule has 2 aromatic rings. The van der Waals surface area contributed by atoms with Crippen LogP contribution in [0.15, 0.2) is 42.5 Å². The van der Waals surface area contributed by atoms with Crippen LogP contribution in [0.25, 0.3) is 0 Å². The number of hydrogen-bond acceptors (Lipinski definition) is 5. The number of amides is 1. The minimum Gasteiger partial charge on any atom is -0.494 e. The van der Waals surface area contributed by atoms with E-state index in [0.717, 1.165) is 18.4 Å². The summed E-state index contributed by atoms with van der Waals surface area (Å²) in [7, 11) is 1.62.